The van der Waals surface area contributed by atoms with E-state index in [2.05, 4.69) is 21.2 Å². The van der Waals surface area contributed by atoms with E-state index in [9.17, 15) is 9.59 Å². The molecule has 1 N–H and O–H groups in total. The lowest BCUT2D eigenvalue weighted by Crippen LogP contribution is -2.29. The lowest BCUT2D eigenvalue weighted by atomic mass is 10.2. The van der Waals surface area contributed by atoms with Crippen LogP contribution >= 0.6 is 15.9 Å². The lowest BCUT2D eigenvalue weighted by molar-refractivity contribution is -0.136. The normalized spacial score (nSPS) is 11.3. The minimum atomic E-state index is -0.725. The Morgan fingerprint density at radius 2 is 1.74 bits per heavy atom. The Bertz CT molecular complexity index is 461. The lowest BCUT2D eigenvalue weighted by Gasteiger charge is -2.14. The van der Waals surface area contributed by atoms with Crippen molar-refractivity contribution < 1.29 is 14.3 Å². The second kappa shape index (κ2) is 6.19. The van der Waals surface area contributed by atoms with Gasteiger partial charge in [0.05, 0.1) is 0 Å². The number of benzene rings is 1. The van der Waals surface area contributed by atoms with Gasteiger partial charge in [0, 0.05) is 11.6 Å². The molecule has 5 heteroatoms. The van der Waals surface area contributed by atoms with E-state index in [-0.39, 0.29) is 17.8 Å². The summed E-state index contributed by atoms with van der Waals surface area (Å²) in [6.45, 7) is 7.08. The zero-order valence-corrected chi connectivity index (χ0v) is 13.1. The molecule has 4 nitrogen and oxygen atoms in total. The first-order chi connectivity index (χ1) is 8.70. The monoisotopic (exact) mass is 327 g/mol. The van der Waals surface area contributed by atoms with Crippen LogP contribution in [0.1, 0.15) is 27.7 Å². The van der Waals surface area contributed by atoms with Crippen LogP contribution in [0.5, 0.6) is 5.75 Å². The van der Waals surface area contributed by atoms with Gasteiger partial charge in [-0.2, -0.15) is 0 Å². The number of anilines is 1. The molecule has 0 heterocycles. The molecule has 0 spiro atoms. The number of halogens is 1. The number of hydrogen-bond donors (Lipinski definition) is 1. The maximum atomic E-state index is 11.6. The van der Waals surface area contributed by atoms with Gasteiger partial charge in [0.1, 0.15) is 10.1 Å². The van der Waals surface area contributed by atoms with Crippen molar-refractivity contribution in [2.75, 3.05) is 5.32 Å². The summed E-state index contributed by atoms with van der Waals surface area (Å²) >= 11 is 3.23. The van der Waals surface area contributed by atoms with E-state index in [1.54, 1.807) is 38.1 Å². The van der Waals surface area contributed by atoms with E-state index >= 15 is 0 Å². The maximum absolute atomic E-state index is 11.6. The predicted molar refractivity (Wildman–Crippen MR) is 78.6 cm³/mol. The Hall–Kier alpha value is -1.36. The van der Waals surface area contributed by atoms with Gasteiger partial charge in [0.15, 0.2) is 0 Å². The molecule has 0 bridgehead atoms. The molecule has 1 aromatic rings. The van der Waals surface area contributed by atoms with E-state index in [1.807, 2.05) is 13.8 Å². The van der Waals surface area contributed by atoms with Crippen LogP contribution in [0, 0.1) is 5.92 Å². The fourth-order valence-electron chi connectivity index (χ4n) is 1.12. The van der Waals surface area contributed by atoms with Crippen molar-refractivity contribution in [1.82, 2.24) is 0 Å². The number of hydrogen-bond acceptors (Lipinski definition) is 3. The molecule has 0 aromatic heterocycles. The van der Waals surface area contributed by atoms with Crippen molar-refractivity contribution in [3.05, 3.63) is 24.3 Å². The Kier molecular flexibility index (Phi) is 5.11. The molecule has 0 atom stereocenters. The maximum Gasteiger partial charge on any atom is 0.327 e. The van der Waals surface area contributed by atoms with E-state index in [4.69, 9.17) is 4.74 Å². The highest BCUT2D eigenvalue weighted by Gasteiger charge is 2.25. The van der Waals surface area contributed by atoms with Gasteiger partial charge in [-0.05, 0) is 38.1 Å². The Labute approximate surface area is 121 Å². The summed E-state index contributed by atoms with van der Waals surface area (Å²) in [6, 6.07) is 6.69. The van der Waals surface area contributed by atoms with Crippen molar-refractivity contribution in [3.8, 4) is 5.75 Å². The van der Waals surface area contributed by atoms with E-state index in [0.29, 0.717) is 11.4 Å². The Balaban J connectivity index is 2.67. The molecular weight excluding hydrogens is 310 g/mol. The molecule has 1 amide bonds. The summed E-state index contributed by atoms with van der Waals surface area (Å²) in [5, 5.41) is 2.76. The number of nitrogens with one attached hydrogen (secondary N) is 1. The first kappa shape index (κ1) is 15.7. The number of ether oxygens (including phenoxy) is 1. The van der Waals surface area contributed by atoms with Crippen LogP contribution in [0.4, 0.5) is 5.69 Å². The van der Waals surface area contributed by atoms with Gasteiger partial charge >= 0.3 is 5.97 Å². The van der Waals surface area contributed by atoms with Gasteiger partial charge in [0.25, 0.3) is 0 Å². The minimum absolute atomic E-state index is 0.0497. The SMILES string of the molecule is CC(C)C(=O)Nc1ccc(OC(=O)C(C)(C)Br)cc1. The van der Waals surface area contributed by atoms with Crippen LogP contribution in [0.2, 0.25) is 0 Å². The highest BCUT2D eigenvalue weighted by atomic mass is 79.9. The van der Waals surface area contributed by atoms with Gasteiger partial charge in [-0.15, -0.1) is 0 Å². The van der Waals surface area contributed by atoms with Crippen LogP contribution in [-0.4, -0.2) is 16.2 Å². The second-order valence-corrected chi connectivity index (χ2v) is 7.01. The third-order valence-electron chi connectivity index (χ3n) is 2.34. The van der Waals surface area contributed by atoms with E-state index < -0.39 is 4.32 Å². The van der Waals surface area contributed by atoms with Crippen molar-refractivity contribution in [3.63, 3.8) is 0 Å². The Morgan fingerprint density at radius 3 is 2.16 bits per heavy atom. The average molecular weight is 328 g/mol. The number of alkyl halides is 1. The highest BCUT2D eigenvalue weighted by Crippen LogP contribution is 2.22. The third-order valence-corrected chi connectivity index (χ3v) is 2.67. The Morgan fingerprint density at radius 1 is 1.21 bits per heavy atom. The van der Waals surface area contributed by atoms with Crippen LogP contribution in [0.15, 0.2) is 24.3 Å². The molecule has 0 saturated carbocycles. The summed E-state index contributed by atoms with van der Waals surface area (Å²) < 4.78 is 4.46. The number of rotatable bonds is 4. The number of amides is 1. The molecule has 0 unspecified atom stereocenters. The van der Waals surface area contributed by atoms with Gasteiger partial charge < -0.3 is 10.1 Å². The number of esters is 1. The summed E-state index contributed by atoms with van der Waals surface area (Å²) in [6.07, 6.45) is 0. The van der Waals surface area contributed by atoms with Crippen LogP contribution < -0.4 is 10.1 Å². The second-order valence-electron chi connectivity index (χ2n) is 5.03. The molecular formula is C14H18BrNO3. The molecule has 0 aliphatic heterocycles. The number of carbonyl (C=O) groups is 2. The van der Waals surface area contributed by atoms with Gasteiger partial charge in [0.2, 0.25) is 5.91 Å². The van der Waals surface area contributed by atoms with Gasteiger partial charge in [-0.1, -0.05) is 29.8 Å². The summed E-state index contributed by atoms with van der Waals surface area (Å²) in [7, 11) is 0. The molecule has 0 fully saturated rings. The molecule has 19 heavy (non-hydrogen) atoms. The van der Waals surface area contributed by atoms with Crippen LogP contribution in [0.25, 0.3) is 0 Å². The van der Waals surface area contributed by atoms with Crippen LogP contribution in [-0.2, 0) is 9.59 Å². The molecule has 0 saturated heterocycles. The molecule has 1 rings (SSSR count). The first-order valence-electron chi connectivity index (χ1n) is 6.02. The van der Waals surface area contributed by atoms with Crippen molar-refractivity contribution in [2.45, 2.75) is 32.0 Å². The van der Waals surface area contributed by atoms with Gasteiger partial charge in [-0.25, -0.2) is 0 Å². The fourth-order valence-corrected chi connectivity index (χ4v) is 1.20. The van der Waals surface area contributed by atoms with Crippen LogP contribution in [0.3, 0.4) is 0 Å². The van der Waals surface area contributed by atoms with Crippen molar-refractivity contribution in [2.24, 2.45) is 5.92 Å². The van der Waals surface area contributed by atoms with Crippen molar-refractivity contribution in [1.29, 1.82) is 0 Å². The summed E-state index contributed by atoms with van der Waals surface area (Å²) in [5.41, 5.74) is 0.677. The minimum Gasteiger partial charge on any atom is -0.426 e. The zero-order valence-electron chi connectivity index (χ0n) is 11.5. The topological polar surface area (TPSA) is 55.4 Å². The zero-order chi connectivity index (χ0) is 14.6. The average Bonchev–Trinajstić information content (AvgIpc) is 2.30. The number of carbonyl (C=O) groups excluding carboxylic acids is 2. The van der Waals surface area contributed by atoms with E-state index in [1.165, 1.54) is 0 Å². The molecule has 0 radical (unpaired) electrons. The highest BCUT2D eigenvalue weighted by molar-refractivity contribution is 9.10. The summed E-state index contributed by atoms with van der Waals surface area (Å²) in [5.74, 6) is -0.0513. The van der Waals surface area contributed by atoms with Crippen molar-refractivity contribution >= 4 is 33.5 Å². The smallest absolute Gasteiger partial charge is 0.327 e. The largest absolute Gasteiger partial charge is 0.426 e. The molecule has 1 aromatic carbocycles. The van der Waals surface area contributed by atoms with E-state index in [0.717, 1.165) is 0 Å². The quantitative estimate of drug-likeness (QED) is 0.524. The standard InChI is InChI=1S/C14H18BrNO3/c1-9(2)12(17)16-10-5-7-11(8-6-10)19-13(18)14(3,4)15/h5-9H,1-4H3,(H,16,17). The predicted octanol–water partition coefficient (Wildman–Crippen LogP) is 3.36. The molecule has 0 aliphatic carbocycles. The van der Waals surface area contributed by atoms with Gasteiger partial charge in [-0.3, -0.25) is 9.59 Å². The summed E-state index contributed by atoms with van der Waals surface area (Å²) in [4.78, 5) is 23.2. The third kappa shape index (κ3) is 5.03. The first-order valence-corrected chi connectivity index (χ1v) is 6.81. The fraction of sp³-hybridized carbons (Fsp3) is 0.429. The molecule has 104 valence electrons. The molecule has 0 aliphatic rings.